The van der Waals surface area contributed by atoms with Crippen molar-refractivity contribution in [3.8, 4) is 23.0 Å². The fourth-order valence-electron chi connectivity index (χ4n) is 2.23. The highest BCUT2D eigenvalue weighted by molar-refractivity contribution is 6.32. The Morgan fingerprint density at radius 1 is 1.04 bits per heavy atom. The summed E-state index contributed by atoms with van der Waals surface area (Å²) in [5, 5.41) is 12.3. The van der Waals surface area contributed by atoms with Gasteiger partial charge in [-0.1, -0.05) is 29.3 Å². The summed E-state index contributed by atoms with van der Waals surface area (Å²) >= 11 is 12.1. The summed E-state index contributed by atoms with van der Waals surface area (Å²) in [7, 11) is 3.11. The Kier molecular flexibility index (Phi) is 5.31. The van der Waals surface area contributed by atoms with E-state index in [0.717, 1.165) is 5.56 Å². The molecule has 0 amide bonds. The Morgan fingerprint density at radius 2 is 1.84 bits per heavy atom. The Balaban J connectivity index is 1.76. The van der Waals surface area contributed by atoms with E-state index in [1.165, 1.54) is 0 Å². The number of hydrogen-bond acceptors (Lipinski definition) is 6. The highest BCUT2D eigenvalue weighted by Crippen LogP contribution is 2.36. The summed E-state index contributed by atoms with van der Waals surface area (Å²) in [5.41, 5.74) is 1.46. The number of benzene rings is 2. The average molecular weight is 380 g/mol. The molecule has 3 aromatic rings. The average Bonchev–Trinajstić information content (AvgIpc) is 3.09. The molecular formula is C17H15Cl2N3O3. The van der Waals surface area contributed by atoms with Gasteiger partial charge in [0.2, 0.25) is 11.8 Å². The Hall–Kier alpha value is -2.44. The van der Waals surface area contributed by atoms with Crippen molar-refractivity contribution < 1.29 is 13.9 Å². The molecule has 0 aliphatic carbocycles. The number of anilines is 1. The Morgan fingerprint density at radius 3 is 2.56 bits per heavy atom. The second-order valence-corrected chi connectivity index (χ2v) is 5.90. The molecule has 8 heteroatoms. The van der Waals surface area contributed by atoms with E-state index >= 15 is 0 Å². The zero-order valence-electron chi connectivity index (χ0n) is 13.5. The molecule has 0 spiro atoms. The number of nitrogens with one attached hydrogen (secondary N) is 1. The maximum atomic E-state index is 6.10. The van der Waals surface area contributed by atoms with Gasteiger partial charge in [-0.05, 0) is 18.2 Å². The van der Waals surface area contributed by atoms with Gasteiger partial charge < -0.3 is 19.2 Å². The third-order valence-corrected chi connectivity index (χ3v) is 3.97. The van der Waals surface area contributed by atoms with Crippen molar-refractivity contribution in [3.63, 3.8) is 0 Å². The molecule has 0 saturated heterocycles. The normalized spacial score (nSPS) is 10.6. The van der Waals surface area contributed by atoms with Crippen LogP contribution in [0.4, 0.5) is 5.69 Å². The van der Waals surface area contributed by atoms with Crippen LogP contribution in [0.2, 0.25) is 10.0 Å². The maximum Gasteiger partial charge on any atom is 0.247 e. The Labute approximate surface area is 154 Å². The Bertz CT molecular complexity index is 883. The van der Waals surface area contributed by atoms with Gasteiger partial charge in [-0.25, -0.2) is 0 Å². The number of rotatable bonds is 6. The third-order valence-electron chi connectivity index (χ3n) is 3.44. The monoisotopic (exact) mass is 379 g/mol. The van der Waals surface area contributed by atoms with E-state index in [2.05, 4.69) is 15.5 Å². The van der Waals surface area contributed by atoms with Crippen LogP contribution in [0.3, 0.4) is 0 Å². The van der Waals surface area contributed by atoms with Gasteiger partial charge in [0.25, 0.3) is 0 Å². The molecule has 130 valence electrons. The van der Waals surface area contributed by atoms with Gasteiger partial charge in [-0.15, -0.1) is 10.2 Å². The van der Waals surface area contributed by atoms with E-state index in [4.69, 9.17) is 37.1 Å². The lowest BCUT2D eigenvalue weighted by molar-refractivity contribution is 0.404. The molecular weight excluding hydrogens is 365 g/mol. The lowest BCUT2D eigenvalue weighted by Gasteiger charge is -2.12. The number of aromatic nitrogens is 2. The predicted octanol–water partition coefficient (Wildman–Crippen LogP) is 4.67. The summed E-state index contributed by atoms with van der Waals surface area (Å²) in [6.07, 6.45) is 0. The minimum absolute atomic E-state index is 0.314. The van der Waals surface area contributed by atoms with Gasteiger partial charge in [-0.2, -0.15) is 0 Å². The summed E-state index contributed by atoms with van der Waals surface area (Å²) in [6.45, 7) is 0.314. The molecule has 0 atom stereocenters. The predicted molar refractivity (Wildman–Crippen MR) is 96.6 cm³/mol. The van der Waals surface area contributed by atoms with E-state index in [-0.39, 0.29) is 0 Å². The molecule has 0 bridgehead atoms. The second kappa shape index (κ2) is 7.63. The molecule has 0 radical (unpaired) electrons. The lowest BCUT2D eigenvalue weighted by atomic mass is 10.2. The molecule has 0 aliphatic heterocycles. The maximum absolute atomic E-state index is 6.10. The largest absolute Gasteiger partial charge is 0.495 e. The van der Waals surface area contributed by atoms with E-state index in [9.17, 15) is 0 Å². The van der Waals surface area contributed by atoms with Crippen molar-refractivity contribution in [1.29, 1.82) is 0 Å². The molecule has 1 aromatic heterocycles. The molecule has 25 heavy (non-hydrogen) atoms. The number of ether oxygens (including phenoxy) is 2. The smallest absolute Gasteiger partial charge is 0.247 e. The number of hydrogen-bond donors (Lipinski definition) is 1. The topological polar surface area (TPSA) is 69.4 Å². The first-order valence-electron chi connectivity index (χ1n) is 7.34. The van der Waals surface area contributed by atoms with Crippen molar-refractivity contribution in [2.75, 3.05) is 19.5 Å². The van der Waals surface area contributed by atoms with Gasteiger partial charge in [0.15, 0.2) is 0 Å². The van der Waals surface area contributed by atoms with E-state index in [1.54, 1.807) is 38.5 Å². The zero-order valence-corrected chi connectivity index (χ0v) is 15.1. The molecule has 0 saturated carbocycles. The number of methoxy groups -OCH3 is 2. The molecule has 0 aliphatic rings. The highest BCUT2D eigenvalue weighted by atomic mass is 35.5. The summed E-state index contributed by atoms with van der Waals surface area (Å²) in [5.74, 6) is 1.95. The molecule has 0 unspecified atom stereocenters. The van der Waals surface area contributed by atoms with Gasteiger partial charge in [0.05, 0.1) is 31.5 Å². The summed E-state index contributed by atoms with van der Waals surface area (Å²) in [4.78, 5) is 0. The van der Waals surface area contributed by atoms with Crippen LogP contribution in [-0.4, -0.2) is 24.4 Å². The molecule has 1 N–H and O–H groups in total. The van der Waals surface area contributed by atoms with Crippen molar-refractivity contribution >= 4 is 28.9 Å². The van der Waals surface area contributed by atoms with Crippen LogP contribution >= 0.6 is 23.2 Å². The standard InChI is InChI=1S/C17H15Cl2N3O3/c1-23-14-8-13(15(24-2)7-12(14)19)20-9-16-21-22-17(25-16)10-4-3-5-11(18)6-10/h3-8,20H,9H2,1-2H3. The van der Waals surface area contributed by atoms with E-state index < -0.39 is 0 Å². The first kappa shape index (κ1) is 17.4. The fraction of sp³-hybridized carbons (Fsp3) is 0.176. The van der Waals surface area contributed by atoms with Gasteiger partial charge in [0.1, 0.15) is 11.5 Å². The van der Waals surface area contributed by atoms with Crippen LogP contribution < -0.4 is 14.8 Å². The van der Waals surface area contributed by atoms with Gasteiger partial charge >= 0.3 is 0 Å². The quantitative estimate of drug-likeness (QED) is 0.670. The van der Waals surface area contributed by atoms with Crippen LogP contribution in [0.15, 0.2) is 40.8 Å². The van der Waals surface area contributed by atoms with Crippen LogP contribution in [0, 0.1) is 0 Å². The zero-order chi connectivity index (χ0) is 17.8. The minimum atomic E-state index is 0.314. The first-order valence-corrected chi connectivity index (χ1v) is 8.10. The minimum Gasteiger partial charge on any atom is -0.495 e. The molecule has 3 rings (SSSR count). The van der Waals surface area contributed by atoms with Crippen LogP contribution in [0.5, 0.6) is 11.5 Å². The summed E-state index contributed by atoms with van der Waals surface area (Å²) in [6, 6.07) is 10.6. The SMILES string of the molecule is COc1cc(NCc2nnc(-c3cccc(Cl)c3)o2)c(OC)cc1Cl. The number of halogens is 2. The number of nitrogens with zero attached hydrogens (tertiary/aromatic N) is 2. The molecule has 2 aromatic carbocycles. The fourth-order valence-corrected chi connectivity index (χ4v) is 2.65. The molecule has 6 nitrogen and oxygen atoms in total. The van der Waals surface area contributed by atoms with Gasteiger partial charge in [0, 0.05) is 22.7 Å². The molecule has 0 fully saturated rings. The van der Waals surface area contributed by atoms with E-state index in [0.29, 0.717) is 45.6 Å². The van der Waals surface area contributed by atoms with Crippen LogP contribution in [0.25, 0.3) is 11.5 Å². The van der Waals surface area contributed by atoms with E-state index in [1.807, 2.05) is 12.1 Å². The highest BCUT2D eigenvalue weighted by Gasteiger charge is 2.12. The van der Waals surface area contributed by atoms with Crippen LogP contribution in [0.1, 0.15) is 5.89 Å². The van der Waals surface area contributed by atoms with Crippen LogP contribution in [-0.2, 0) is 6.54 Å². The summed E-state index contributed by atoms with van der Waals surface area (Å²) < 4.78 is 16.2. The lowest BCUT2D eigenvalue weighted by Crippen LogP contribution is -2.02. The third kappa shape index (κ3) is 3.97. The van der Waals surface area contributed by atoms with Crippen molar-refractivity contribution in [1.82, 2.24) is 10.2 Å². The van der Waals surface area contributed by atoms with Gasteiger partial charge in [-0.3, -0.25) is 0 Å². The second-order valence-electron chi connectivity index (χ2n) is 5.05. The van der Waals surface area contributed by atoms with Crippen molar-refractivity contribution in [3.05, 3.63) is 52.3 Å². The first-order chi connectivity index (χ1) is 12.1. The van der Waals surface area contributed by atoms with Crippen molar-refractivity contribution in [2.24, 2.45) is 0 Å². The van der Waals surface area contributed by atoms with Crippen molar-refractivity contribution in [2.45, 2.75) is 6.54 Å². The molecule has 1 heterocycles.